The first-order valence-electron chi connectivity index (χ1n) is 15.4. The van der Waals surface area contributed by atoms with E-state index < -0.39 is 28.5 Å². The lowest BCUT2D eigenvalue weighted by molar-refractivity contribution is -0.140. The zero-order valence-electron chi connectivity index (χ0n) is 27.0. The number of aryl methyl sites for hydroxylation is 3. The van der Waals surface area contributed by atoms with Gasteiger partial charge in [0.05, 0.1) is 10.6 Å². The maximum absolute atomic E-state index is 14.6. The summed E-state index contributed by atoms with van der Waals surface area (Å²) < 4.78 is 29.7. The highest BCUT2D eigenvalue weighted by Crippen LogP contribution is 2.30. The van der Waals surface area contributed by atoms with Gasteiger partial charge in [-0.05, 0) is 81.1 Å². The van der Waals surface area contributed by atoms with Crippen LogP contribution in [0.2, 0.25) is 5.02 Å². The normalized spacial score (nSPS) is 12.7. The van der Waals surface area contributed by atoms with Crippen LogP contribution in [0.15, 0.2) is 102 Å². The average molecular weight is 660 g/mol. The van der Waals surface area contributed by atoms with Crippen molar-refractivity contribution in [2.45, 2.75) is 71.0 Å². The van der Waals surface area contributed by atoms with Crippen molar-refractivity contribution >= 4 is 39.1 Å². The summed E-state index contributed by atoms with van der Waals surface area (Å²) in [5, 5.41) is 3.51. The SMILES string of the molecule is CC[C@H](C)NC(=O)[C@H](Cc1ccccc1)N(Cc1cccc(C)c1)C(=O)CN(c1ccc(Cl)cc1C)S(=O)(=O)c1ccc(C)cc1. The standard InChI is InChI=1S/C37H42ClN3O4S/c1-6-29(5)39-37(43)35(23-30-12-8-7-9-13-30)40(24-31-14-10-11-27(3)21-31)36(42)25-41(34-20-17-32(38)22-28(34)4)46(44,45)33-18-15-26(2)16-19-33/h7-22,29,35H,6,23-25H2,1-5H3,(H,39,43)/t29-,35-/m0/s1. The van der Waals surface area contributed by atoms with Crippen LogP contribution in [0, 0.1) is 20.8 Å². The van der Waals surface area contributed by atoms with Crippen LogP contribution in [0.25, 0.3) is 0 Å². The molecule has 0 aliphatic heterocycles. The molecule has 9 heteroatoms. The third-order valence-electron chi connectivity index (χ3n) is 8.02. The van der Waals surface area contributed by atoms with E-state index in [1.807, 2.05) is 82.3 Å². The number of sulfonamides is 1. The van der Waals surface area contributed by atoms with E-state index in [-0.39, 0.29) is 29.8 Å². The van der Waals surface area contributed by atoms with Crippen LogP contribution >= 0.6 is 11.6 Å². The predicted octanol–water partition coefficient (Wildman–Crippen LogP) is 7.02. The summed E-state index contributed by atoms with van der Waals surface area (Å²) in [7, 11) is -4.20. The molecule has 0 unspecified atom stereocenters. The molecule has 0 heterocycles. The second-order valence-corrected chi connectivity index (χ2v) is 14.1. The maximum atomic E-state index is 14.6. The van der Waals surface area contributed by atoms with Gasteiger partial charge >= 0.3 is 0 Å². The molecule has 7 nitrogen and oxygen atoms in total. The number of anilines is 1. The number of hydrogen-bond donors (Lipinski definition) is 1. The summed E-state index contributed by atoms with van der Waals surface area (Å²) in [6.07, 6.45) is 0.972. The molecule has 1 N–H and O–H groups in total. The van der Waals surface area contributed by atoms with E-state index in [4.69, 9.17) is 11.6 Å². The first-order valence-corrected chi connectivity index (χ1v) is 17.3. The third kappa shape index (κ3) is 8.77. The molecule has 0 saturated heterocycles. The molecule has 242 valence electrons. The second-order valence-electron chi connectivity index (χ2n) is 11.8. The minimum absolute atomic E-state index is 0.0563. The van der Waals surface area contributed by atoms with Crippen molar-refractivity contribution in [3.8, 4) is 0 Å². The highest BCUT2D eigenvalue weighted by Gasteiger charge is 2.35. The van der Waals surface area contributed by atoms with Crippen LogP contribution in [-0.4, -0.2) is 43.8 Å². The van der Waals surface area contributed by atoms with E-state index in [1.54, 1.807) is 37.3 Å². The van der Waals surface area contributed by atoms with Crippen LogP contribution in [0.4, 0.5) is 5.69 Å². The first kappa shape index (κ1) is 34.7. The molecule has 0 spiro atoms. The molecule has 2 amide bonds. The summed E-state index contributed by atoms with van der Waals surface area (Å²) in [4.78, 5) is 30.2. The predicted molar refractivity (Wildman–Crippen MR) is 185 cm³/mol. The molecule has 2 atom stereocenters. The van der Waals surface area contributed by atoms with Crippen LogP contribution in [0.1, 0.15) is 48.1 Å². The monoisotopic (exact) mass is 659 g/mol. The molecule has 4 rings (SSSR count). The topological polar surface area (TPSA) is 86.8 Å². The molecule has 4 aromatic carbocycles. The summed E-state index contributed by atoms with van der Waals surface area (Å²) in [6, 6.07) is 27.7. The minimum Gasteiger partial charge on any atom is -0.352 e. The van der Waals surface area contributed by atoms with Gasteiger partial charge in [-0.15, -0.1) is 0 Å². The Hall–Kier alpha value is -4.14. The molecular weight excluding hydrogens is 618 g/mol. The van der Waals surface area contributed by atoms with Crippen LogP contribution in [-0.2, 0) is 32.6 Å². The molecule has 0 bridgehead atoms. The van der Waals surface area contributed by atoms with Gasteiger partial charge in [-0.2, -0.15) is 0 Å². The van der Waals surface area contributed by atoms with Gasteiger partial charge in [0.25, 0.3) is 10.0 Å². The van der Waals surface area contributed by atoms with Gasteiger partial charge in [0.15, 0.2) is 0 Å². The number of amides is 2. The van der Waals surface area contributed by atoms with E-state index in [2.05, 4.69) is 5.32 Å². The van der Waals surface area contributed by atoms with Crippen molar-refractivity contribution in [2.24, 2.45) is 0 Å². The number of carbonyl (C=O) groups is 2. The van der Waals surface area contributed by atoms with E-state index in [1.165, 1.54) is 17.0 Å². The summed E-state index contributed by atoms with van der Waals surface area (Å²) >= 11 is 6.25. The van der Waals surface area contributed by atoms with E-state index in [0.29, 0.717) is 22.7 Å². The Kier molecular flexibility index (Phi) is 11.7. The molecule has 0 aliphatic carbocycles. The third-order valence-corrected chi connectivity index (χ3v) is 10.0. The number of benzene rings is 4. The summed E-state index contributed by atoms with van der Waals surface area (Å²) in [5.74, 6) is -0.804. The van der Waals surface area contributed by atoms with Crippen molar-refractivity contribution in [2.75, 3.05) is 10.8 Å². The maximum Gasteiger partial charge on any atom is 0.264 e. The van der Waals surface area contributed by atoms with Gasteiger partial charge in [0.2, 0.25) is 11.8 Å². The number of nitrogens with one attached hydrogen (secondary N) is 1. The molecule has 0 radical (unpaired) electrons. The lowest BCUT2D eigenvalue weighted by atomic mass is 10.0. The Labute approximate surface area is 278 Å². The van der Waals surface area contributed by atoms with Gasteiger partial charge in [0, 0.05) is 24.0 Å². The van der Waals surface area contributed by atoms with Crippen molar-refractivity contribution in [1.82, 2.24) is 10.2 Å². The molecule has 0 aromatic heterocycles. The number of nitrogens with zero attached hydrogens (tertiary/aromatic N) is 2. The fourth-order valence-corrected chi connectivity index (χ4v) is 6.96. The van der Waals surface area contributed by atoms with Crippen LogP contribution in [0.3, 0.4) is 0 Å². The zero-order valence-corrected chi connectivity index (χ0v) is 28.6. The highest BCUT2D eigenvalue weighted by molar-refractivity contribution is 7.92. The van der Waals surface area contributed by atoms with Crippen LogP contribution in [0.5, 0.6) is 0 Å². The zero-order chi connectivity index (χ0) is 33.4. The fraction of sp³-hybridized carbons (Fsp3) is 0.297. The van der Waals surface area contributed by atoms with Gasteiger partial charge in [0.1, 0.15) is 12.6 Å². The first-order chi connectivity index (χ1) is 21.9. The lowest BCUT2D eigenvalue weighted by Crippen LogP contribution is -2.54. The van der Waals surface area contributed by atoms with E-state index in [9.17, 15) is 18.0 Å². The average Bonchev–Trinajstić information content (AvgIpc) is 3.02. The van der Waals surface area contributed by atoms with Crippen LogP contribution < -0.4 is 9.62 Å². The van der Waals surface area contributed by atoms with Gasteiger partial charge in [-0.3, -0.25) is 13.9 Å². The summed E-state index contributed by atoms with van der Waals surface area (Å²) in [5.41, 5.74) is 4.55. The molecule has 0 aliphatic rings. The Morgan fingerprint density at radius 1 is 0.826 bits per heavy atom. The molecular formula is C37H42ClN3O4S. The molecule has 0 fully saturated rings. The molecule has 0 saturated carbocycles. The Morgan fingerprint density at radius 2 is 1.50 bits per heavy atom. The molecule has 4 aromatic rings. The Balaban J connectivity index is 1.83. The lowest BCUT2D eigenvalue weighted by Gasteiger charge is -2.34. The van der Waals surface area contributed by atoms with Crippen molar-refractivity contribution < 1.29 is 18.0 Å². The number of rotatable bonds is 13. The Bertz CT molecular complexity index is 1760. The number of hydrogen-bond acceptors (Lipinski definition) is 4. The highest BCUT2D eigenvalue weighted by atomic mass is 35.5. The smallest absolute Gasteiger partial charge is 0.264 e. The van der Waals surface area contributed by atoms with Gasteiger partial charge < -0.3 is 10.2 Å². The quantitative estimate of drug-likeness (QED) is 0.167. The Morgan fingerprint density at radius 3 is 2.13 bits per heavy atom. The fourth-order valence-electron chi connectivity index (χ4n) is 5.25. The van der Waals surface area contributed by atoms with Crippen molar-refractivity contribution in [3.63, 3.8) is 0 Å². The van der Waals surface area contributed by atoms with E-state index in [0.717, 1.165) is 26.6 Å². The summed E-state index contributed by atoms with van der Waals surface area (Å²) in [6.45, 7) is 9.09. The number of halogens is 1. The second kappa shape index (κ2) is 15.4. The van der Waals surface area contributed by atoms with Crippen molar-refractivity contribution in [1.29, 1.82) is 0 Å². The van der Waals surface area contributed by atoms with Gasteiger partial charge in [-0.1, -0.05) is 96.4 Å². The number of carbonyl (C=O) groups excluding carboxylic acids is 2. The molecule has 46 heavy (non-hydrogen) atoms. The van der Waals surface area contributed by atoms with Crippen molar-refractivity contribution in [3.05, 3.63) is 130 Å². The van der Waals surface area contributed by atoms with Gasteiger partial charge in [-0.25, -0.2) is 8.42 Å². The van der Waals surface area contributed by atoms with E-state index >= 15 is 0 Å². The largest absolute Gasteiger partial charge is 0.352 e. The minimum atomic E-state index is -4.20.